The average Bonchev–Trinajstić information content (AvgIpc) is 2.99. The molecule has 6 nitrogen and oxygen atoms in total. The largest absolute Gasteiger partial charge is 0.395 e. The molecule has 27 heavy (non-hydrogen) atoms. The zero-order valence-electron chi connectivity index (χ0n) is 16.0. The molecule has 0 aliphatic carbocycles. The minimum absolute atomic E-state index is 0.00361. The molecule has 0 aliphatic rings. The lowest BCUT2D eigenvalue weighted by Crippen LogP contribution is -2.22. The van der Waals surface area contributed by atoms with Gasteiger partial charge in [-0.25, -0.2) is 4.98 Å². The van der Waals surface area contributed by atoms with Crippen molar-refractivity contribution in [3.63, 3.8) is 0 Å². The van der Waals surface area contributed by atoms with E-state index in [0.29, 0.717) is 18.4 Å². The summed E-state index contributed by atoms with van der Waals surface area (Å²) >= 11 is 0. The maximum absolute atomic E-state index is 12.8. The number of hydrogen-bond donors (Lipinski definition) is 3. The van der Waals surface area contributed by atoms with Crippen LogP contribution in [0.25, 0.3) is 11.0 Å². The predicted molar refractivity (Wildman–Crippen MR) is 109 cm³/mol. The fraction of sp³-hybridized carbons (Fsp3) is 0.333. The molecule has 1 amide bonds. The van der Waals surface area contributed by atoms with E-state index in [0.717, 1.165) is 27.8 Å². The van der Waals surface area contributed by atoms with E-state index in [1.54, 1.807) is 0 Å². The van der Waals surface area contributed by atoms with Crippen LogP contribution in [0.2, 0.25) is 0 Å². The molecule has 142 valence electrons. The summed E-state index contributed by atoms with van der Waals surface area (Å²) in [5, 5.41) is 15.3. The number of benzene rings is 2. The van der Waals surface area contributed by atoms with Gasteiger partial charge < -0.3 is 20.3 Å². The van der Waals surface area contributed by atoms with Crippen LogP contribution in [-0.4, -0.2) is 33.7 Å². The lowest BCUT2D eigenvalue weighted by Gasteiger charge is -2.17. The van der Waals surface area contributed by atoms with Crippen LogP contribution < -0.4 is 10.6 Å². The minimum Gasteiger partial charge on any atom is -0.395 e. The van der Waals surface area contributed by atoms with Crippen molar-refractivity contribution in [3.05, 3.63) is 53.6 Å². The molecule has 0 saturated heterocycles. The second-order valence-electron chi connectivity index (χ2n) is 6.90. The van der Waals surface area contributed by atoms with Gasteiger partial charge in [0.25, 0.3) is 0 Å². The maximum Gasteiger partial charge on any atom is 0.244 e. The minimum atomic E-state index is -0.110. The van der Waals surface area contributed by atoms with Crippen LogP contribution >= 0.6 is 0 Å². The van der Waals surface area contributed by atoms with Crippen LogP contribution in [0.3, 0.4) is 0 Å². The Balaban J connectivity index is 1.89. The van der Waals surface area contributed by atoms with E-state index in [4.69, 9.17) is 5.11 Å². The monoisotopic (exact) mass is 366 g/mol. The summed E-state index contributed by atoms with van der Waals surface area (Å²) in [5.74, 6) is 0.784. The Morgan fingerprint density at radius 1 is 1.19 bits per heavy atom. The lowest BCUT2D eigenvalue weighted by molar-refractivity contribution is -0.116. The fourth-order valence-corrected chi connectivity index (χ4v) is 3.20. The highest BCUT2D eigenvalue weighted by Crippen LogP contribution is 2.27. The number of aliphatic hydroxyl groups is 1. The molecule has 2 aromatic carbocycles. The number of amides is 1. The van der Waals surface area contributed by atoms with Gasteiger partial charge in [-0.2, -0.15) is 0 Å². The van der Waals surface area contributed by atoms with Crippen molar-refractivity contribution >= 4 is 28.6 Å². The van der Waals surface area contributed by atoms with E-state index in [2.05, 4.69) is 29.5 Å². The molecule has 0 unspecified atom stereocenters. The molecule has 0 aliphatic heterocycles. The molecule has 3 N–H and O–H groups in total. The third-order valence-electron chi connectivity index (χ3n) is 4.54. The van der Waals surface area contributed by atoms with Crippen LogP contribution in [0, 0.1) is 6.92 Å². The summed E-state index contributed by atoms with van der Waals surface area (Å²) in [5.41, 5.74) is 4.74. The first-order valence-electron chi connectivity index (χ1n) is 9.20. The van der Waals surface area contributed by atoms with Gasteiger partial charge in [0.05, 0.1) is 17.6 Å². The molecule has 3 aromatic rings. The number of aliphatic hydroxyl groups excluding tert-OH is 1. The van der Waals surface area contributed by atoms with Gasteiger partial charge in [0.1, 0.15) is 6.54 Å². The summed E-state index contributed by atoms with van der Waals surface area (Å²) in [6, 6.07) is 13.8. The van der Waals surface area contributed by atoms with Crippen molar-refractivity contribution in [3.8, 4) is 0 Å². The number of para-hydroxylation sites is 3. The third-order valence-corrected chi connectivity index (χ3v) is 4.54. The molecule has 1 heterocycles. The Morgan fingerprint density at radius 3 is 2.70 bits per heavy atom. The Hall–Kier alpha value is -2.86. The average molecular weight is 366 g/mol. The number of carbonyl (C=O) groups is 1. The first-order valence-corrected chi connectivity index (χ1v) is 9.20. The van der Waals surface area contributed by atoms with Gasteiger partial charge in [-0.05, 0) is 36.1 Å². The molecule has 0 atom stereocenters. The highest BCUT2D eigenvalue weighted by Gasteiger charge is 2.16. The van der Waals surface area contributed by atoms with Crippen molar-refractivity contribution < 1.29 is 9.90 Å². The summed E-state index contributed by atoms with van der Waals surface area (Å²) in [7, 11) is 0. The number of aromatic nitrogens is 2. The van der Waals surface area contributed by atoms with Crippen molar-refractivity contribution in [2.45, 2.75) is 33.2 Å². The maximum atomic E-state index is 12.8. The molecule has 0 radical (unpaired) electrons. The van der Waals surface area contributed by atoms with Gasteiger partial charge >= 0.3 is 0 Å². The zero-order valence-corrected chi connectivity index (χ0v) is 16.0. The Kier molecular flexibility index (Phi) is 5.76. The van der Waals surface area contributed by atoms with Gasteiger partial charge in [-0.1, -0.05) is 44.2 Å². The zero-order chi connectivity index (χ0) is 19.4. The van der Waals surface area contributed by atoms with Gasteiger partial charge in [0.15, 0.2) is 0 Å². The highest BCUT2D eigenvalue weighted by atomic mass is 16.3. The molecule has 0 bridgehead atoms. The van der Waals surface area contributed by atoms with Gasteiger partial charge in [-0.15, -0.1) is 0 Å². The summed E-state index contributed by atoms with van der Waals surface area (Å²) in [4.78, 5) is 17.4. The number of fused-ring (bicyclic) bond motifs is 1. The number of nitrogens with zero attached hydrogens (tertiary/aromatic N) is 2. The molecular weight excluding hydrogens is 340 g/mol. The number of imidazole rings is 1. The summed E-state index contributed by atoms with van der Waals surface area (Å²) < 4.78 is 1.84. The van der Waals surface area contributed by atoms with Crippen molar-refractivity contribution in [1.29, 1.82) is 0 Å². The Bertz CT molecular complexity index is 947. The summed E-state index contributed by atoms with van der Waals surface area (Å²) in [6.45, 7) is 6.74. The predicted octanol–water partition coefficient (Wildman–Crippen LogP) is 3.51. The fourth-order valence-electron chi connectivity index (χ4n) is 3.20. The van der Waals surface area contributed by atoms with Crippen molar-refractivity contribution in [2.75, 3.05) is 23.8 Å². The van der Waals surface area contributed by atoms with Gasteiger partial charge in [-0.3, -0.25) is 4.79 Å². The van der Waals surface area contributed by atoms with Crippen molar-refractivity contribution in [2.24, 2.45) is 0 Å². The number of anilines is 2. The molecule has 3 rings (SSSR count). The molecule has 0 fully saturated rings. The van der Waals surface area contributed by atoms with Crippen LogP contribution in [0.4, 0.5) is 11.6 Å². The second kappa shape index (κ2) is 8.22. The third kappa shape index (κ3) is 4.11. The quantitative estimate of drug-likeness (QED) is 0.598. The highest BCUT2D eigenvalue weighted by molar-refractivity contribution is 5.93. The van der Waals surface area contributed by atoms with Crippen LogP contribution in [0.1, 0.15) is 30.9 Å². The van der Waals surface area contributed by atoms with Gasteiger partial charge in [0, 0.05) is 12.2 Å². The van der Waals surface area contributed by atoms with Crippen molar-refractivity contribution in [1.82, 2.24) is 9.55 Å². The number of nitrogens with one attached hydrogen (secondary N) is 2. The molecular formula is C21H26N4O2. The standard InChI is InChI=1S/C21H26N4O2/c1-14(2)16-8-6-7-15(3)20(16)24-19(27)13-25-18-10-5-4-9-17(18)23-21(25)22-11-12-26/h4-10,14,26H,11-13H2,1-3H3,(H,22,23)(H,24,27). The normalized spacial score (nSPS) is 11.1. The van der Waals surface area contributed by atoms with E-state index >= 15 is 0 Å². The first kappa shape index (κ1) is 18.9. The number of rotatable bonds is 7. The van der Waals surface area contributed by atoms with Crippen LogP contribution in [-0.2, 0) is 11.3 Å². The Morgan fingerprint density at radius 2 is 1.96 bits per heavy atom. The molecule has 1 aromatic heterocycles. The SMILES string of the molecule is Cc1cccc(C(C)C)c1NC(=O)Cn1c(NCCO)nc2ccccc21. The lowest BCUT2D eigenvalue weighted by atomic mass is 9.98. The number of hydrogen-bond acceptors (Lipinski definition) is 4. The second-order valence-corrected chi connectivity index (χ2v) is 6.90. The van der Waals surface area contributed by atoms with E-state index < -0.39 is 0 Å². The number of carbonyl (C=O) groups excluding carboxylic acids is 1. The number of aryl methyl sites for hydroxylation is 1. The van der Waals surface area contributed by atoms with E-state index in [1.807, 2.05) is 54.0 Å². The first-order chi connectivity index (χ1) is 13.0. The summed E-state index contributed by atoms with van der Waals surface area (Å²) in [6.07, 6.45) is 0. The molecule has 0 spiro atoms. The van der Waals surface area contributed by atoms with Gasteiger partial charge in [0.2, 0.25) is 11.9 Å². The van der Waals surface area contributed by atoms with Crippen LogP contribution in [0.5, 0.6) is 0 Å². The molecule has 0 saturated carbocycles. The van der Waals surface area contributed by atoms with E-state index in [9.17, 15) is 4.79 Å². The molecule has 6 heteroatoms. The topological polar surface area (TPSA) is 79.2 Å². The Labute approximate surface area is 159 Å². The van der Waals surface area contributed by atoms with E-state index in [1.165, 1.54) is 0 Å². The smallest absolute Gasteiger partial charge is 0.244 e. The van der Waals surface area contributed by atoms with E-state index in [-0.39, 0.29) is 19.1 Å². The van der Waals surface area contributed by atoms with Crippen LogP contribution in [0.15, 0.2) is 42.5 Å².